The first-order valence-electron chi connectivity index (χ1n) is 10.5. The smallest absolute Gasteiger partial charge is 0.239 e. The largest absolute Gasteiger partial charge is 0.377 e. The maximum Gasteiger partial charge on any atom is 0.239 e. The summed E-state index contributed by atoms with van der Waals surface area (Å²) in [6.45, 7) is 4.07. The lowest BCUT2D eigenvalue weighted by atomic mass is 10.2. The fraction of sp³-hybridized carbons (Fsp3) is 0.476. The minimum atomic E-state index is -2.82. The highest BCUT2D eigenvalue weighted by Crippen LogP contribution is 2.52. The summed E-state index contributed by atoms with van der Waals surface area (Å²) in [4.78, 5) is 16.7. The minimum absolute atomic E-state index is 0.157. The van der Waals surface area contributed by atoms with Gasteiger partial charge in [0.1, 0.15) is 5.82 Å². The summed E-state index contributed by atoms with van der Waals surface area (Å²) in [7, 11) is -1.01. The molecule has 0 amide bonds. The Labute approximate surface area is 181 Å². The molecule has 164 valence electrons. The molecule has 9 nitrogen and oxygen atoms in total. The Morgan fingerprint density at radius 3 is 2.71 bits per heavy atom. The molecule has 2 atom stereocenters. The van der Waals surface area contributed by atoms with E-state index in [0.29, 0.717) is 43.6 Å². The van der Waals surface area contributed by atoms with E-state index in [2.05, 4.69) is 22.1 Å². The van der Waals surface area contributed by atoms with Crippen LogP contribution in [0.15, 0.2) is 30.3 Å². The van der Waals surface area contributed by atoms with Gasteiger partial charge in [0.05, 0.1) is 50.5 Å². The van der Waals surface area contributed by atoms with Gasteiger partial charge in [-0.3, -0.25) is 4.78 Å². The molecule has 2 aliphatic rings. The van der Waals surface area contributed by atoms with Crippen LogP contribution in [0.4, 0.5) is 11.8 Å². The number of anilines is 2. The maximum atomic E-state index is 12.9. The summed E-state index contributed by atoms with van der Waals surface area (Å²) in [5.41, 5.74) is 2.40. The molecule has 31 heavy (non-hydrogen) atoms. The molecule has 5 rings (SSSR count). The number of benzene rings is 1. The Balaban J connectivity index is 1.75. The molecular formula is C21H27N7O2S. The van der Waals surface area contributed by atoms with Crippen LogP contribution in [0, 0.1) is 4.78 Å². The van der Waals surface area contributed by atoms with Crippen LogP contribution < -0.4 is 10.2 Å². The monoisotopic (exact) mass is 441 g/mol. The molecule has 3 aromatic rings. The molecule has 10 heteroatoms. The van der Waals surface area contributed by atoms with Gasteiger partial charge in [0, 0.05) is 25.9 Å². The number of hydrogen-bond acceptors (Lipinski definition) is 8. The van der Waals surface area contributed by atoms with Crippen LogP contribution >= 0.6 is 0 Å². The standard InChI is InChI=1S/C21H27N7O2S/c1-14-13-30-11-10-27(14)18-12-17(21(8-9-21)31(3,22)29)25-20(26-18)28-16-7-5-4-6-15(16)24-19(28)23-2/h4-7,12,14,22H,8-11,13H2,1-3H3,(H,23,24)/t14-,31?/m1/s1. The van der Waals surface area contributed by atoms with Crippen molar-refractivity contribution in [3.05, 3.63) is 36.0 Å². The fourth-order valence-corrected chi connectivity index (χ4v) is 5.71. The number of imidazole rings is 1. The third kappa shape index (κ3) is 3.25. The SMILES string of the molecule is CNc1nc2ccccc2n1-c1nc(N2CCOC[C@H]2C)cc(C2(S(C)(=N)=O)CC2)n1. The van der Waals surface area contributed by atoms with E-state index in [-0.39, 0.29) is 6.04 Å². The normalized spacial score (nSPS) is 22.3. The van der Waals surface area contributed by atoms with Crippen molar-refractivity contribution in [3.63, 3.8) is 0 Å². The van der Waals surface area contributed by atoms with Crippen LogP contribution in [-0.4, -0.2) is 62.8 Å². The number of aromatic nitrogens is 4. The summed E-state index contributed by atoms with van der Waals surface area (Å²) in [5, 5.41) is 3.14. The van der Waals surface area contributed by atoms with E-state index in [9.17, 15) is 4.21 Å². The summed E-state index contributed by atoms with van der Waals surface area (Å²) >= 11 is 0. The molecule has 2 aromatic heterocycles. The molecule has 1 saturated heterocycles. The lowest BCUT2D eigenvalue weighted by molar-refractivity contribution is 0.0985. The van der Waals surface area contributed by atoms with Gasteiger partial charge in [-0.1, -0.05) is 12.1 Å². The van der Waals surface area contributed by atoms with Gasteiger partial charge in [-0.2, -0.15) is 4.98 Å². The van der Waals surface area contributed by atoms with Crippen molar-refractivity contribution in [2.24, 2.45) is 0 Å². The topological polar surface area (TPSA) is 109 Å². The van der Waals surface area contributed by atoms with Crippen molar-refractivity contribution in [2.75, 3.05) is 43.3 Å². The number of nitrogens with one attached hydrogen (secondary N) is 2. The Morgan fingerprint density at radius 2 is 2.03 bits per heavy atom. The third-order valence-corrected chi connectivity index (χ3v) is 8.37. The summed E-state index contributed by atoms with van der Waals surface area (Å²) in [6.07, 6.45) is 2.92. The van der Waals surface area contributed by atoms with Gasteiger partial charge in [0.25, 0.3) is 0 Å². The Hall–Kier alpha value is -2.72. The number of rotatable bonds is 5. The molecule has 0 bridgehead atoms. The van der Waals surface area contributed by atoms with Crippen molar-refractivity contribution in [1.29, 1.82) is 4.78 Å². The first-order chi connectivity index (χ1) is 14.8. The van der Waals surface area contributed by atoms with Gasteiger partial charge in [-0.15, -0.1) is 0 Å². The van der Waals surface area contributed by atoms with E-state index in [4.69, 9.17) is 19.5 Å². The lowest BCUT2D eigenvalue weighted by Gasteiger charge is -2.34. The fourth-order valence-electron chi connectivity index (χ4n) is 4.32. The summed E-state index contributed by atoms with van der Waals surface area (Å²) in [6, 6.07) is 9.92. The van der Waals surface area contributed by atoms with E-state index in [1.165, 1.54) is 6.26 Å². The molecular weight excluding hydrogens is 414 g/mol. The van der Waals surface area contributed by atoms with Gasteiger partial charge in [0.15, 0.2) is 0 Å². The van der Waals surface area contributed by atoms with Gasteiger partial charge >= 0.3 is 0 Å². The Kier molecular flexibility index (Phi) is 4.67. The first-order valence-corrected chi connectivity index (χ1v) is 12.4. The van der Waals surface area contributed by atoms with Crippen LogP contribution in [-0.2, 0) is 19.2 Å². The highest BCUT2D eigenvalue weighted by Gasteiger charge is 2.53. The number of ether oxygens (including phenoxy) is 1. The number of fused-ring (bicyclic) bond motifs is 1. The highest BCUT2D eigenvalue weighted by atomic mass is 32.2. The maximum absolute atomic E-state index is 12.9. The van der Waals surface area contributed by atoms with Crippen molar-refractivity contribution >= 4 is 32.5 Å². The third-order valence-electron chi connectivity index (χ3n) is 6.26. The van der Waals surface area contributed by atoms with Crippen molar-refractivity contribution in [3.8, 4) is 5.95 Å². The predicted molar refractivity (Wildman–Crippen MR) is 122 cm³/mol. The predicted octanol–water partition coefficient (Wildman–Crippen LogP) is 2.75. The minimum Gasteiger partial charge on any atom is -0.377 e. The van der Waals surface area contributed by atoms with Crippen LogP contribution in [0.5, 0.6) is 0 Å². The summed E-state index contributed by atoms with van der Waals surface area (Å²) in [5.74, 6) is 1.87. The molecule has 3 heterocycles. The number of nitrogens with zero attached hydrogens (tertiary/aromatic N) is 5. The zero-order chi connectivity index (χ0) is 21.8. The second-order valence-corrected chi connectivity index (χ2v) is 10.8. The van der Waals surface area contributed by atoms with Gasteiger partial charge in [0.2, 0.25) is 11.9 Å². The van der Waals surface area contributed by atoms with Gasteiger partial charge in [-0.05, 0) is 31.9 Å². The van der Waals surface area contributed by atoms with E-state index in [1.807, 2.05) is 41.9 Å². The zero-order valence-electron chi connectivity index (χ0n) is 18.0. The molecule has 0 radical (unpaired) electrons. The average Bonchev–Trinajstić information content (AvgIpc) is 3.49. The van der Waals surface area contributed by atoms with Crippen molar-refractivity contribution in [1.82, 2.24) is 19.5 Å². The molecule has 1 unspecified atom stereocenters. The molecule has 1 aromatic carbocycles. The average molecular weight is 442 g/mol. The van der Waals surface area contributed by atoms with Gasteiger partial charge < -0.3 is 15.0 Å². The molecule has 1 aliphatic carbocycles. The highest BCUT2D eigenvalue weighted by molar-refractivity contribution is 7.92. The van der Waals surface area contributed by atoms with E-state index < -0.39 is 14.5 Å². The van der Waals surface area contributed by atoms with E-state index in [1.54, 1.807) is 0 Å². The van der Waals surface area contributed by atoms with Crippen LogP contribution in [0.1, 0.15) is 25.5 Å². The van der Waals surface area contributed by atoms with Crippen molar-refractivity contribution < 1.29 is 8.95 Å². The lowest BCUT2D eigenvalue weighted by Crippen LogP contribution is -2.44. The quantitative estimate of drug-likeness (QED) is 0.626. The van der Waals surface area contributed by atoms with Crippen LogP contribution in [0.25, 0.3) is 17.0 Å². The molecule has 1 aliphatic heterocycles. The second-order valence-electron chi connectivity index (χ2n) is 8.38. The number of para-hydroxylation sites is 2. The van der Waals surface area contributed by atoms with Crippen molar-refractivity contribution in [2.45, 2.75) is 30.6 Å². The Bertz CT molecular complexity index is 1250. The second kappa shape index (κ2) is 7.16. The van der Waals surface area contributed by atoms with E-state index >= 15 is 0 Å². The van der Waals surface area contributed by atoms with Gasteiger partial charge in [-0.25, -0.2) is 18.7 Å². The molecule has 0 spiro atoms. The zero-order valence-corrected chi connectivity index (χ0v) is 18.8. The van der Waals surface area contributed by atoms with Crippen LogP contribution in [0.3, 0.4) is 0 Å². The van der Waals surface area contributed by atoms with E-state index in [0.717, 1.165) is 23.4 Å². The van der Waals surface area contributed by atoms with Crippen LogP contribution in [0.2, 0.25) is 0 Å². The number of hydrogen-bond donors (Lipinski definition) is 2. The number of morpholine rings is 1. The summed E-state index contributed by atoms with van der Waals surface area (Å²) < 4.78 is 28.0. The molecule has 1 saturated carbocycles. The molecule has 2 N–H and O–H groups in total. The first kappa shape index (κ1) is 20.2. The Morgan fingerprint density at radius 1 is 1.26 bits per heavy atom. The molecule has 2 fully saturated rings.